The van der Waals surface area contributed by atoms with Crippen LogP contribution in [-0.2, 0) is 11.0 Å². The van der Waals surface area contributed by atoms with E-state index in [-0.39, 0.29) is 46.8 Å². The summed E-state index contributed by atoms with van der Waals surface area (Å²) in [5.74, 6) is -1.14. The van der Waals surface area contributed by atoms with Crippen molar-refractivity contribution in [2.75, 3.05) is 0 Å². The molecule has 178 valence electrons. The topological polar surface area (TPSA) is 77.8 Å². The number of allylic oxidation sites excluding steroid dienone is 3. The fraction of sp³-hybridized carbons (Fsp3) is 0.560. The van der Waals surface area contributed by atoms with Crippen molar-refractivity contribution < 1.29 is 33.3 Å². The third-order valence-electron chi connectivity index (χ3n) is 7.11. The molecule has 4 rings (SSSR count). The van der Waals surface area contributed by atoms with Crippen LogP contribution in [0.1, 0.15) is 69.9 Å². The minimum atomic E-state index is -4.39. The Morgan fingerprint density at radius 2 is 1.67 bits per heavy atom. The number of alkyl halides is 3. The first-order chi connectivity index (χ1) is 14.8. The number of carboxylic acid groups (broad SMARTS) is 1. The van der Waals surface area contributed by atoms with E-state index in [0.29, 0.717) is 0 Å². The zero-order chi connectivity index (χ0) is 23.7. The van der Waals surface area contributed by atoms with Crippen molar-refractivity contribution in [1.29, 1.82) is 0 Å². The number of halogens is 3. The Kier molecular flexibility index (Phi) is 9.07. The number of benzene rings is 1. The summed E-state index contributed by atoms with van der Waals surface area (Å²) in [5.41, 5.74) is 1.97. The minimum absolute atomic E-state index is 0. The molecule has 4 nitrogen and oxygen atoms in total. The van der Waals surface area contributed by atoms with Gasteiger partial charge in [-0.15, -0.1) is 0 Å². The third kappa shape index (κ3) is 6.95. The Hall–Kier alpha value is -1.12. The van der Waals surface area contributed by atoms with Crippen molar-refractivity contribution in [1.82, 2.24) is 0 Å². The molecule has 2 bridgehead atoms. The van der Waals surface area contributed by atoms with Crippen molar-refractivity contribution in [2.45, 2.75) is 77.2 Å². The second-order valence-corrected chi connectivity index (χ2v) is 9.93. The van der Waals surface area contributed by atoms with Gasteiger partial charge in [0.2, 0.25) is 0 Å². The summed E-state index contributed by atoms with van der Waals surface area (Å²) in [5, 5.41) is 28.9. The number of aliphatic carboxylic acids is 1. The van der Waals surface area contributed by atoms with Gasteiger partial charge in [0.15, 0.2) is 0 Å². The molecule has 0 amide bonds. The molecule has 1 saturated carbocycles. The SMILES string of the molecule is CC12CCC(C)(CC1)C(/C=C/C(O)CC(O)CC(=O)O)=C(c1ccc(C(F)(F)F)cc1)C2.[NaH]. The van der Waals surface area contributed by atoms with E-state index in [2.05, 4.69) is 13.8 Å². The molecule has 1 aromatic carbocycles. The maximum absolute atomic E-state index is 13.0. The average Bonchev–Trinajstić information content (AvgIpc) is 2.86. The fourth-order valence-electron chi connectivity index (χ4n) is 5.01. The molecule has 0 saturated heterocycles. The average molecular weight is 477 g/mol. The van der Waals surface area contributed by atoms with Gasteiger partial charge in [-0.1, -0.05) is 38.1 Å². The number of fused-ring (bicyclic) bond motifs is 3. The number of aliphatic hydroxyl groups excluding tert-OH is 2. The molecule has 2 unspecified atom stereocenters. The molecule has 33 heavy (non-hydrogen) atoms. The van der Waals surface area contributed by atoms with Gasteiger partial charge in [-0.3, -0.25) is 4.79 Å². The van der Waals surface area contributed by atoms with Crippen LogP contribution in [0.4, 0.5) is 13.2 Å². The van der Waals surface area contributed by atoms with Gasteiger partial charge in [-0.05, 0) is 71.8 Å². The summed E-state index contributed by atoms with van der Waals surface area (Å²) >= 11 is 0. The quantitative estimate of drug-likeness (QED) is 0.487. The molecule has 0 aromatic heterocycles. The van der Waals surface area contributed by atoms with Gasteiger partial charge < -0.3 is 15.3 Å². The second kappa shape index (κ2) is 10.6. The Morgan fingerprint density at radius 1 is 1.09 bits per heavy atom. The third-order valence-corrected chi connectivity index (χ3v) is 7.11. The zero-order valence-electron chi connectivity index (χ0n) is 18.5. The number of aliphatic hydroxyl groups is 2. The van der Waals surface area contributed by atoms with Crippen LogP contribution < -0.4 is 0 Å². The van der Waals surface area contributed by atoms with E-state index in [1.807, 2.05) is 6.08 Å². The van der Waals surface area contributed by atoms with Gasteiger partial charge in [-0.2, -0.15) is 13.2 Å². The molecule has 0 aliphatic heterocycles. The summed E-state index contributed by atoms with van der Waals surface area (Å²) in [4.78, 5) is 10.7. The van der Waals surface area contributed by atoms with Gasteiger partial charge >= 0.3 is 41.7 Å². The van der Waals surface area contributed by atoms with Crippen molar-refractivity contribution in [2.24, 2.45) is 10.8 Å². The van der Waals surface area contributed by atoms with Crippen molar-refractivity contribution in [3.05, 3.63) is 53.1 Å². The second-order valence-electron chi connectivity index (χ2n) is 9.93. The Balaban J connectivity index is 0.00000385. The van der Waals surface area contributed by atoms with Crippen LogP contribution in [0.5, 0.6) is 0 Å². The molecule has 3 aliphatic carbocycles. The van der Waals surface area contributed by atoms with E-state index in [0.717, 1.165) is 60.9 Å². The van der Waals surface area contributed by atoms with Crippen LogP contribution in [0, 0.1) is 10.8 Å². The molecule has 1 fully saturated rings. The number of hydrogen-bond acceptors (Lipinski definition) is 3. The van der Waals surface area contributed by atoms with Crippen molar-refractivity contribution >= 4 is 41.1 Å². The predicted molar refractivity (Wildman–Crippen MR) is 123 cm³/mol. The first kappa shape index (κ1) is 28.1. The summed E-state index contributed by atoms with van der Waals surface area (Å²) in [6, 6.07) is 5.27. The molecule has 1 aromatic rings. The van der Waals surface area contributed by atoms with Gasteiger partial charge in [0.05, 0.1) is 24.2 Å². The van der Waals surface area contributed by atoms with Gasteiger partial charge in [0, 0.05) is 6.42 Å². The maximum atomic E-state index is 13.0. The van der Waals surface area contributed by atoms with Crippen LogP contribution in [-0.4, -0.2) is 63.1 Å². The predicted octanol–water partition coefficient (Wildman–Crippen LogP) is 4.94. The Bertz CT molecular complexity index is 897. The molecule has 3 N–H and O–H groups in total. The summed E-state index contributed by atoms with van der Waals surface area (Å²) < 4.78 is 39.1. The van der Waals surface area contributed by atoms with Crippen molar-refractivity contribution in [3.63, 3.8) is 0 Å². The first-order valence-electron chi connectivity index (χ1n) is 11.0. The molecule has 3 aliphatic rings. The summed E-state index contributed by atoms with van der Waals surface area (Å²) in [7, 11) is 0. The standard InChI is InChI=1S/C25H31F3O4.Na.H/c1-23-9-11-24(2,12-10-23)21(8-7-18(29)13-19(30)14-22(31)32)20(15-23)16-3-5-17(6-4-16)25(26,27)28;;/h3-8,18-19,29-30H,9-15H2,1-2H3,(H,31,32);;/b8-7+;;. The van der Waals surface area contributed by atoms with Crippen LogP contribution >= 0.6 is 0 Å². The Labute approximate surface area is 214 Å². The first-order valence-corrected chi connectivity index (χ1v) is 11.0. The van der Waals surface area contributed by atoms with Gasteiger partial charge in [0.25, 0.3) is 0 Å². The van der Waals surface area contributed by atoms with E-state index in [1.165, 1.54) is 12.1 Å². The van der Waals surface area contributed by atoms with E-state index in [4.69, 9.17) is 5.11 Å². The number of rotatable bonds is 7. The molecule has 8 heteroatoms. The monoisotopic (exact) mass is 476 g/mol. The molecule has 0 heterocycles. The molecule has 0 spiro atoms. The van der Waals surface area contributed by atoms with Crippen LogP contribution in [0.25, 0.3) is 5.57 Å². The van der Waals surface area contributed by atoms with E-state index < -0.39 is 36.3 Å². The number of carbonyl (C=O) groups is 1. The van der Waals surface area contributed by atoms with Crippen LogP contribution in [0.2, 0.25) is 0 Å². The van der Waals surface area contributed by atoms with Gasteiger partial charge in [0.1, 0.15) is 0 Å². The van der Waals surface area contributed by atoms with E-state index >= 15 is 0 Å². The fourth-order valence-corrected chi connectivity index (χ4v) is 5.01. The van der Waals surface area contributed by atoms with Gasteiger partial charge in [-0.25, -0.2) is 0 Å². The molecular weight excluding hydrogens is 444 g/mol. The number of carboxylic acids is 1. The number of hydrogen-bond donors (Lipinski definition) is 3. The van der Waals surface area contributed by atoms with Crippen LogP contribution in [0.3, 0.4) is 0 Å². The normalized spacial score (nSPS) is 27.2. The summed E-state index contributed by atoms with van der Waals surface area (Å²) in [6.07, 6.45) is 0.966. The van der Waals surface area contributed by atoms with E-state index in [1.54, 1.807) is 6.08 Å². The summed E-state index contributed by atoms with van der Waals surface area (Å²) in [6.45, 7) is 4.38. The van der Waals surface area contributed by atoms with Crippen LogP contribution in [0.15, 0.2) is 42.0 Å². The molecular formula is C25H32F3NaO4. The van der Waals surface area contributed by atoms with Crippen molar-refractivity contribution in [3.8, 4) is 0 Å². The zero-order valence-corrected chi connectivity index (χ0v) is 18.5. The molecule has 0 radical (unpaired) electrons. The van der Waals surface area contributed by atoms with E-state index in [9.17, 15) is 28.2 Å². The Morgan fingerprint density at radius 3 is 2.18 bits per heavy atom. The molecule has 2 atom stereocenters.